The van der Waals surface area contributed by atoms with Crippen molar-refractivity contribution in [3.05, 3.63) is 28.3 Å². The van der Waals surface area contributed by atoms with Gasteiger partial charge in [-0.05, 0) is 67.8 Å². The molecule has 102 valence electrons. The molecular weight excluding hydrogens is 222 g/mol. The van der Waals surface area contributed by atoms with Crippen LogP contribution >= 0.6 is 0 Å². The van der Waals surface area contributed by atoms with Crippen molar-refractivity contribution in [1.29, 1.82) is 0 Å². The van der Waals surface area contributed by atoms with Gasteiger partial charge in [-0.2, -0.15) is 0 Å². The fraction of sp³-hybridized carbons (Fsp3) is 0.625. The van der Waals surface area contributed by atoms with Crippen LogP contribution in [0.4, 0.5) is 0 Å². The van der Waals surface area contributed by atoms with Crippen molar-refractivity contribution in [1.82, 2.24) is 0 Å². The first-order chi connectivity index (χ1) is 8.43. The molecule has 0 saturated carbocycles. The van der Waals surface area contributed by atoms with Crippen LogP contribution in [0.25, 0.3) is 0 Å². The minimum atomic E-state index is 0.540. The van der Waals surface area contributed by atoms with E-state index in [9.17, 15) is 0 Å². The van der Waals surface area contributed by atoms with E-state index in [-0.39, 0.29) is 0 Å². The number of ether oxygens (including phenoxy) is 1. The normalized spacial score (nSPS) is 12.9. The van der Waals surface area contributed by atoms with E-state index in [0.29, 0.717) is 11.8 Å². The van der Waals surface area contributed by atoms with Gasteiger partial charge in [0.15, 0.2) is 0 Å². The van der Waals surface area contributed by atoms with Crippen molar-refractivity contribution in [2.24, 2.45) is 11.7 Å². The Balaban J connectivity index is 3.32. The van der Waals surface area contributed by atoms with Crippen molar-refractivity contribution in [3.63, 3.8) is 0 Å². The zero-order valence-corrected chi connectivity index (χ0v) is 12.6. The average Bonchev–Trinajstić information content (AvgIpc) is 2.31. The molecule has 2 N–H and O–H groups in total. The third-order valence-electron chi connectivity index (χ3n) is 3.95. The van der Waals surface area contributed by atoms with E-state index in [2.05, 4.69) is 40.7 Å². The fourth-order valence-electron chi connectivity index (χ4n) is 2.82. The molecule has 2 nitrogen and oxygen atoms in total. The molecule has 0 saturated heterocycles. The van der Waals surface area contributed by atoms with Crippen molar-refractivity contribution in [2.75, 3.05) is 13.7 Å². The molecule has 1 aromatic carbocycles. The van der Waals surface area contributed by atoms with Crippen LogP contribution < -0.4 is 10.5 Å². The Hall–Kier alpha value is -1.02. The lowest BCUT2D eigenvalue weighted by atomic mass is 9.81. The zero-order chi connectivity index (χ0) is 13.9. The van der Waals surface area contributed by atoms with E-state index in [1.807, 2.05) is 0 Å². The lowest BCUT2D eigenvalue weighted by molar-refractivity contribution is 0.406. The molecule has 0 aliphatic heterocycles. The summed E-state index contributed by atoms with van der Waals surface area (Å²) in [5, 5.41) is 0. The minimum absolute atomic E-state index is 0.540. The summed E-state index contributed by atoms with van der Waals surface area (Å²) in [7, 11) is 1.74. The monoisotopic (exact) mass is 249 g/mol. The molecule has 1 unspecified atom stereocenters. The largest absolute Gasteiger partial charge is 0.496 e. The molecule has 0 spiro atoms. The summed E-state index contributed by atoms with van der Waals surface area (Å²) in [6.07, 6.45) is 1.05. The van der Waals surface area contributed by atoms with E-state index < -0.39 is 0 Å². The van der Waals surface area contributed by atoms with Crippen molar-refractivity contribution in [3.8, 4) is 5.75 Å². The van der Waals surface area contributed by atoms with Crippen LogP contribution in [-0.2, 0) is 0 Å². The van der Waals surface area contributed by atoms with Gasteiger partial charge in [0.1, 0.15) is 5.75 Å². The standard InChI is InChI=1S/C16H27NO/c1-10(2)14(7-8-17)15-9-11(3)16(18-6)13(5)12(15)4/h9-10,14H,7-8,17H2,1-6H3. The molecule has 0 aliphatic rings. The van der Waals surface area contributed by atoms with Crippen molar-refractivity contribution in [2.45, 2.75) is 47.0 Å². The Labute approximate surface area is 112 Å². The maximum Gasteiger partial charge on any atom is 0.124 e. The van der Waals surface area contributed by atoms with Gasteiger partial charge in [-0.25, -0.2) is 0 Å². The van der Waals surface area contributed by atoms with Crippen LogP contribution in [-0.4, -0.2) is 13.7 Å². The van der Waals surface area contributed by atoms with Gasteiger partial charge >= 0.3 is 0 Å². The molecule has 0 bridgehead atoms. The van der Waals surface area contributed by atoms with Gasteiger partial charge in [-0.15, -0.1) is 0 Å². The Morgan fingerprint density at radius 2 is 1.78 bits per heavy atom. The summed E-state index contributed by atoms with van der Waals surface area (Å²) in [6, 6.07) is 2.28. The van der Waals surface area contributed by atoms with E-state index in [0.717, 1.165) is 18.7 Å². The topological polar surface area (TPSA) is 35.2 Å². The van der Waals surface area contributed by atoms with Gasteiger partial charge in [0.05, 0.1) is 7.11 Å². The van der Waals surface area contributed by atoms with Gasteiger partial charge in [-0.1, -0.05) is 19.9 Å². The second-order valence-electron chi connectivity index (χ2n) is 5.49. The Kier molecular flexibility index (Phi) is 5.21. The predicted molar refractivity (Wildman–Crippen MR) is 78.5 cm³/mol. The maximum atomic E-state index is 5.76. The minimum Gasteiger partial charge on any atom is -0.496 e. The number of nitrogens with two attached hydrogens (primary N) is 1. The SMILES string of the molecule is COc1c(C)cc(C(CCN)C(C)C)c(C)c1C. The van der Waals surface area contributed by atoms with Crippen molar-refractivity contribution >= 4 is 0 Å². The van der Waals surface area contributed by atoms with Gasteiger partial charge < -0.3 is 10.5 Å². The highest BCUT2D eigenvalue weighted by molar-refractivity contribution is 5.50. The summed E-state index contributed by atoms with van der Waals surface area (Å²) in [4.78, 5) is 0. The molecule has 0 radical (unpaired) electrons. The lowest BCUT2D eigenvalue weighted by Crippen LogP contribution is -2.15. The first-order valence-corrected chi connectivity index (χ1v) is 6.78. The summed E-state index contributed by atoms with van der Waals surface area (Å²) in [5.74, 6) is 2.17. The van der Waals surface area contributed by atoms with Gasteiger partial charge in [0.25, 0.3) is 0 Å². The average molecular weight is 249 g/mol. The number of benzene rings is 1. The molecule has 18 heavy (non-hydrogen) atoms. The van der Waals surface area contributed by atoms with Crippen molar-refractivity contribution < 1.29 is 4.74 Å². The predicted octanol–water partition coefficient (Wildman–Crippen LogP) is 3.71. The van der Waals surface area contributed by atoms with E-state index in [4.69, 9.17) is 10.5 Å². The van der Waals surface area contributed by atoms with Crippen LogP contribution in [0.3, 0.4) is 0 Å². The van der Waals surface area contributed by atoms with Crippen LogP contribution in [0.1, 0.15) is 48.4 Å². The second-order valence-corrected chi connectivity index (χ2v) is 5.49. The molecule has 0 heterocycles. The number of rotatable bonds is 5. The lowest BCUT2D eigenvalue weighted by Gasteiger charge is -2.25. The molecule has 0 fully saturated rings. The van der Waals surface area contributed by atoms with E-state index in [1.54, 1.807) is 7.11 Å². The van der Waals surface area contributed by atoms with Crippen LogP contribution in [0.2, 0.25) is 0 Å². The smallest absolute Gasteiger partial charge is 0.124 e. The van der Waals surface area contributed by atoms with Crippen LogP contribution in [0, 0.1) is 26.7 Å². The Bertz CT molecular complexity index is 410. The third-order valence-corrected chi connectivity index (χ3v) is 3.95. The molecule has 0 amide bonds. The third kappa shape index (κ3) is 2.86. The highest BCUT2D eigenvalue weighted by atomic mass is 16.5. The molecule has 2 heteroatoms. The molecule has 1 rings (SSSR count). The molecule has 1 atom stereocenters. The van der Waals surface area contributed by atoms with Gasteiger partial charge in [0.2, 0.25) is 0 Å². The maximum absolute atomic E-state index is 5.76. The zero-order valence-electron chi connectivity index (χ0n) is 12.6. The highest BCUT2D eigenvalue weighted by Crippen LogP contribution is 2.36. The summed E-state index contributed by atoms with van der Waals surface area (Å²) < 4.78 is 5.49. The first kappa shape index (κ1) is 15.0. The summed E-state index contributed by atoms with van der Waals surface area (Å²) in [6.45, 7) is 11.7. The fourth-order valence-corrected chi connectivity index (χ4v) is 2.82. The van der Waals surface area contributed by atoms with Crippen LogP contribution in [0.15, 0.2) is 6.07 Å². The number of methoxy groups -OCH3 is 1. The number of hydrogen-bond donors (Lipinski definition) is 1. The quantitative estimate of drug-likeness (QED) is 0.863. The summed E-state index contributed by atoms with van der Waals surface area (Å²) in [5.41, 5.74) is 11.0. The highest BCUT2D eigenvalue weighted by Gasteiger charge is 2.20. The van der Waals surface area contributed by atoms with Gasteiger partial charge in [0, 0.05) is 0 Å². The molecular formula is C16H27NO. The summed E-state index contributed by atoms with van der Waals surface area (Å²) >= 11 is 0. The van der Waals surface area contributed by atoms with E-state index >= 15 is 0 Å². The molecule has 0 aliphatic carbocycles. The molecule has 0 aromatic heterocycles. The van der Waals surface area contributed by atoms with E-state index in [1.165, 1.54) is 22.3 Å². The Morgan fingerprint density at radius 3 is 2.22 bits per heavy atom. The first-order valence-electron chi connectivity index (χ1n) is 6.78. The Morgan fingerprint density at radius 1 is 1.17 bits per heavy atom. The molecule has 1 aromatic rings. The van der Waals surface area contributed by atoms with Crippen LogP contribution in [0.5, 0.6) is 5.75 Å². The second kappa shape index (κ2) is 6.24. The number of aryl methyl sites for hydroxylation is 1. The van der Waals surface area contributed by atoms with Gasteiger partial charge in [-0.3, -0.25) is 0 Å². The number of hydrogen-bond acceptors (Lipinski definition) is 2.